The fraction of sp³-hybridized carbons (Fsp3) is 0.143. The lowest BCUT2D eigenvalue weighted by molar-refractivity contribution is 0.417. The summed E-state index contributed by atoms with van der Waals surface area (Å²) in [7, 11) is 1.60. The van der Waals surface area contributed by atoms with Gasteiger partial charge >= 0.3 is 0 Å². The van der Waals surface area contributed by atoms with Gasteiger partial charge in [0.05, 0.1) is 12.8 Å². The molecule has 0 aliphatic carbocycles. The van der Waals surface area contributed by atoms with Gasteiger partial charge in [-0.15, -0.1) is 10.2 Å². The predicted octanol–water partition coefficient (Wildman–Crippen LogP) is 2.30. The fourth-order valence-electron chi connectivity index (χ4n) is 2.06. The lowest BCUT2D eigenvalue weighted by Gasteiger charge is -2.06. The van der Waals surface area contributed by atoms with Crippen LogP contribution >= 0.6 is 0 Å². The molecule has 5 nitrogen and oxygen atoms in total. The van der Waals surface area contributed by atoms with Crippen LogP contribution in [0.2, 0.25) is 0 Å². The average molecular weight is 254 g/mol. The monoisotopic (exact) mass is 254 g/mol. The third-order valence-corrected chi connectivity index (χ3v) is 3.05. The molecule has 0 saturated carbocycles. The number of hydrogen-bond acceptors (Lipinski definition) is 4. The van der Waals surface area contributed by atoms with Gasteiger partial charge in [0.15, 0.2) is 11.5 Å². The van der Waals surface area contributed by atoms with Crippen LogP contribution in [0.1, 0.15) is 5.56 Å². The van der Waals surface area contributed by atoms with Gasteiger partial charge in [0, 0.05) is 11.8 Å². The molecule has 2 N–H and O–H groups in total. The van der Waals surface area contributed by atoms with Gasteiger partial charge in [0.2, 0.25) is 0 Å². The third-order valence-electron chi connectivity index (χ3n) is 3.05. The number of fused-ring (bicyclic) bond motifs is 1. The van der Waals surface area contributed by atoms with Crippen molar-refractivity contribution in [3.8, 4) is 17.1 Å². The number of aryl methyl sites for hydroxylation is 1. The van der Waals surface area contributed by atoms with Crippen LogP contribution in [0.4, 0.5) is 5.69 Å². The van der Waals surface area contributed by atoms with Gasteiger partial charge in [-0.2, -0.15) is 0 Å². The number of methoxy groups -OCH3 is 1. The highest BCUT2D eigenvalue weighted by molar-refractivity contribution is 5.68. The molecule has 19 heavy (non-hydrogen) atoms. The number of pyridine rings is 1. The first-order valence-electron chi connectivity index (χ1n) is 5.94. The van der Waals surface area contributed by atoms with Crippen LogP contribution in [0.3, 0.4) is 0 Å². The number of nitrogens with zero attached hydrogens (tertiary/aromatic N) is 3. The van der Waals surface area contributed by atoms with Crippen molar-refractivity contribution in [3.63, 3.8) is 0 Å². The minimum absolute atomic E-state index is 0.587. The summed E-state index contributed by atoms with van der Waals surface area (Å²) in [6.07, 6.45) is 1.96. The molecular weight excluding hydrogens is 240 g/mol. The predicted molar refractivity (Wildman–Crippen MR) is 74.1 cm³/mol. The number of nitrogens with two attached hydrogens (primary N) is 1. The quantitative estimate of drug-likeness (QED) is 0.713. The number of hydrogen-bond donors (Lipinski definition) is 1. The van der Waals surface area contributed by atoms with Gasteiger partial charge in [-0.1, -0.05) is 0 Å². The van der Waals surface area contributed by atoms with Crippen molar-refractivity contribution in [2.45, 2.75) is 6.92 Å². The number of nitrogen functional groups attached to an aromatic ring is 1. The Hall–Kier alpha value is -2.56. The first-order valence-corrected chi connectivity index (χ1v) is 5.94. The lowest BCUT2D eigenvalue weighted by Crippen LogP contribution is -1.94. The van der Waals surface area contributed by atoms with E-state index < -0.39 is 0 Å². The van der Waals surface area contributed by atoms with Gasteiger partial charge in [0.1, 0.15) is 5.75 Å². The first kappa shape index (κ1) is 11.5. The maximum atomic E-state index is 5.92. The minimum Gasteiger partial charge on any atom is -0.495 e. The normalized spacial score (nSPS) is 10.8. The fourth-order valence-corrected chi connectivity index (χ4v) is 2.06. The van der Waals surface area contributed by atoms with Crippen molar-refractivity contribution in [1.29, 1.82) is 0 Å². The maximum absolute atomic E-state index is 5.92. The van der Waals surface area contributed by atoms with Crippen molar-refractivity contribution >= 4 is 11.3 Å². The van der Waals surface area contributed by atoms with E-state index in [1.165, 1.54) is 0 Å². The highest BCUT2D eigenvalue weighted by Crippen LogP contribution is 2.27. The molecule has 0 saturated heterocycles. The van der Waals surface area contributed by atoms with E-state index in [4.69, 9.17) is 10.5 Å². The van der Waals surface area contributed by atoms with Crippen LogP contribution < -0.4 is 10.5 Å². The van der Waals surface area contributed by atoms with Gasteiger partial charge in [-0.25, -0.2) is 0 Å². The van der Waals surface area contributed by atoms with Crippen LogP contribution in [0.25, 0.3) is 17.0 Å². The van der Waals surface area contributed by atoms with E-state index in [9.17, 15) is 0 Å². The Bertz CT molecular complexity index is 748. The molecule has 0 bridgehead atoms. The van der Waals surface area contributed by atoms with Crippen molar-refractivity contribution in [2.24, 2.45) is 0 Å². The van der Waals surface area contributed by atoms with Crippen molar-refractivity contribution in [2.75, 3.05) is 12.8 Å². The Balaban J connectivity index is 2.16. The molecule has 3 rings (SSSR count). The van der Waals surface area contributed by atoms with E-state index in [2.05, 4.69) is 10.2 Å². The van der Waals surface area contributed by atoms with E-state index >= 15 is 0 Å². The smallest absolute Gasteiger partial charge is 0.168 e. The number of anilines is 1. The molecule has 0 aliphatic rings. The molecule has 0 atom stereocenters. The maximum Gasteiger partial charge on any atom is 0.168 e. The summed E-state index contributed by atoms with van der Waals surface area (Å²) in [6, 6.07) is 9.61. The summed E-state index contributed by atoms with van der Waals surface area (Å²) >= 11 is 0. The molecule has 0 aliphatic heterocycles. The molecule has 3 aromatic rings. The second-order valence-electron chi connectivity index (χ2n) is 4.41. The Kier molecular flexibility index (Phi) is 2.59. The van der Waals surface area contributed by atoms with Crippen LogP contribution in [-0.4, -0.2) is 21.7 Å². The molecule has 1 aromatic carbocycles. The van der Waals surface area contributed by atoms with E-state index in [-0.39, 0.29) is 0 Å². The molecule has 2 aromatic heterocycles. The largest absolute Gasteiger partial charge is 0.495 e. The van der Waals surface area contributed by atoms with Crippen LogP contribution in [-0.2, 0) is 0 Å². The molecule has 2 heterocycles. The van der Waals surface area contributed by atoms with Gasteiger partial charge in [0.25, 0.3) is 0 Å². The molecule has 0 radical (unpaired) electrons. The zero-order valence-electron chi connectivity index (χ0n) is 10.8. The Morgan fingerprint density at radius 2 is 2.00 bits per heavy atom. The summed E-state index contributed by atoms with van der Waals surface area (Å²) in [5.74, 6) is 1.43. The van der Waals surface area contributed by atoms with E-state index in [0.29, 0.717) is 11.4 Å². The van der Waals surface area contributed by atoms with Crippen LogP contribution in [0, 0.1) is 6.92 Å². The Labute approximate surface area is 110 Å². The first-order chi connectivity index (χ1) is 9.19. The van der Waals surface area contributed by atoms with Crippen LogP contribution in [0.15, 0.2) is 36.5 Å². The SMILES string of the molecule is COc1ccc(-c2nnc3cc(C)ccn23)cc1N. The van der Waals surface area contributed by atoms with E-state index in [1.807, 2.05) is 47.9 Å². The standard InChI is InChI=1S/C14H14N4O/c1-9-5-6-18-13(7-9)16-17-14(18)10-3-4-12(19-2)11(15)8-10/h3-8H,15H2,1-2H3. The zero-order chi connectivity index (χ0) is 13.4. The zero-order valence-corrected chi connectivity index (χ0v) is 10.8. The van der Waals surface area contributed by atoms with E-state index in [1.54, 1.807) is 7.11 Å². The van der Waals surface area contributed by atoms with Gasteiger partial charge < -0.3 is 10.5 Å². The highest BCUT2D eigenvalue weighted by Gasteiger charge is 2.09. The van der Waals surface area contributed by atoms with Gasteiger partial charge in [-0.05, 0) is 42.8 Å². The second kappa shape index (κ2) is 4.28. The molecule has 96 valence electrons. The third kappa shape index (κ3) is 1.89. The molecule has 0 amide bonds. The topological polar surface area (TPSA) is 65.4 Å². The second-order valence-corrected chi connectivity index (χ2v) is 4.41. The molecule has 0 unspecified atom stereocenters. The van der Waals surface area contributed by atoms with E-state index in [0.717, 1.165) is 22.6 Å². The van der Waals surface area contributed by atoms with Gasteiger partial charge in [-0.3, -0.25) is 4.40 Å². The number of ether oxygens (including phenoxy) is 1. The summed E-state index contributed by atoms with van der Waals surface area (Å²) in [5, 5.41) is 8.39. The molecule has 0 spiro atoms. The molecule has 0 fully saturated rings. The summed E-state index contributed by atoms with van der Waals surface area (Å²) in [6.45, 7) is 2.03. The van der Waals surface area contributed by atoms with Crippen molar-refractivity contribution < 1.29 is 4.74 Å². The van der Waals surface area contributed by atoms with Crippen LogP contribution in [0.5, 0.6) is 5.75 Å². The Morgan fingerprint density at radius 3 is 2.74 bits per heavy atom. The van der Waals surface area contributed by atoms with Crippen molar-refractivity contribution in [3.05, 3.63) is 42.1 Å². The summed E-state index contributed by atoms with van der Waals surface area (Å²) < 4.78 is 7.09. The summed E-state index contributed by atoms with van der Waals surface area (Å²) in [5.41, 5.74) is 9.40. The highest BCUT2D eigenvalue weighted by atomic mass is 16.5. The lowest BCUT2D eigenvalue weighted by atomic mass is 10.1. The minimum atomic E-state index is 0.587. The Morgan fingerprint density at radius 1 is 1.16 bits per heavy atom. The number of rotatable bonds is 2. The molecular formula is C14H14N4O. The molecule has 5 heteroatoms. The average Bonchev–Trinajstić information content (AvgIpc) is 2.81. The summed E-state index contributed by atoms with van der Waals surface area (Å²) in [4.78, 5) is 0. The number of aromatic nitrogens is 3. The number of benzene rings is 1. The van der Waals surface area contributed by atoms with Crippen molar-refractivity contribution in [1.82, 2.24) is 14.6 Å².